The van der Waals surface area contributed by atoms with Crippen LogP contribution in [0.2, 0.25) is 0 Å². The summed E-state index contributed by atoms with van der Waals surface area (Å²) >= 11 is 1.39. The molecule has 0 saturated carbocycles. The second kappa shape index (κ2) is 11.4. The average molecular weight is 514 g/mol. The van der Waals surface area contributed by atoms with E-state index in [1.165, 1.54) is 30.0 Å². The molecule has 34 heavy (non-hydrogen) atoms. The largest absolute Gasteiger partial charge is 0.476 e. The summed E-state index contributed by atoms with van der Waals surface area (Å²) in [6, 6.07) is 9.21. The molecule has 3 rings (SSSR count). The number of hydrogen-bond acceptors (Lipinski definition) is 6. The van der Waals surface area contributed by atoms with Crippen molar-refractivity contribution >= 4 is 39.7 Å². The molecule has 0 aromatic heterocycles. The van der Waals surface area contributed by atoms with E-state index < -0.39 is 22.4 Å². The molecule has 2 aromatic rings. The van der Waals surface area contributed by atoms with Crippen molar-refractivity contribution in [1.82, 2.24) is 0 Å². The van der Waals surface area contributed by atoms with Crippen LogP contribution in [-0.2, 0) is 4.79 Å². The Kier molecular flexibility index (Phi) is 8.86. The van der Waals surface area contributed by atoms with Crippen molar-refractivity contribution in [1.29, 1.82) is 0 Å². The average Bonchev–Trinajstić information content (AvgIpc) is 2.90. The van der Waals surface area contributed by atoms with Gasteiger partial charge >= 0.3 is 5.97 Å². The van der Waals surface area contributed by atoms with E-state index in [0.717, 1.165) is 19.3 Å². The fraction of sp³-hybridized carbons (Fsp3) is 0.375. The number of nitrogens with zero attached hydrogens (tertiary/aromatic N) is 1. The number of thioether (sulfide) groups is 1. The number of anilines is 2. The summed E-state index contributed by atoms with van der Waals surface area (Å²) in [5.74, 6) is -2.70. The highest BCUT2D eigenvalue weighted by molar-refractivity contribution is 8.24. The second-order valence-electron chi connectivity index (χ2n) is 8.02. The van der Waals surface area contributed by atoms with Gasteiger partial charge in [-0.1, -0.05) is 26.7 Å². The summed E-state index contributed by atoms with van der Waals surface area (Å²) in [4.78, 5) is 13.6. The van der Waals surface area contributed by atoms with E-state index in [9.17, 15) is 22.7 Å². The minimum atomic E-state index is -3.25. The molecule has 0 aliphatic carbocycles. The molecule has 0 amide bonds. The summed E-state index contributed by atoms with van der Waals surface area (Å²) in [7, 11) is -3.25. The Bertz CT molecular complexity index is 1050. The molecule has 0 bridgehead atoms. The van der Waals surface area contributed by atoms with Gasteiger partial charge in [-0.15, -0.1) is 11.8 Å². The first-order valence-corrected chi connectivity index (χ1v) is 13.7. The van der Waals surface area contributed by atoms with Gasteiger partial charge in [0, 0.05) is 24.1 Å². The van der Waals surface area contributed by atoms with Gasteiger partial charge in [-0.05, 0) is 48.4 Å². The normalized spacial score (nSPS) is 18.7. The molecule has 0 fully saturated rings. The zero-order valence-corrected chi connectivity index (χ0v) is 20.7. The van der Waals surface area contributed by atoms with E-state index in [1.807, 2.05) is 11.8 Å². The third-order valence-electron chi connectivity index (χ3n) is 5.47. The molecule has 3 N–H and O–H groups in total. The molecule has 0 spiro atoms. The van der Waals surface area contributed by atoms with Crippen molar-refractivity contribution in [2.45, 2.75) is 42.9 Å². The minimum absolute atomic E-state index is 0.0293. The molecule has 1 aliphatic heterocycles. The van der Waals surface area contributed by atoms with E-state index in [1.54, 1.807) is 18.2 Å². The van der Waals surface area contributed by atoms with Crippen LogP contribution in [0.25, 0.3) is 0 Å². The van der Waals surface area contributed by atoms with E-state index in [-0.39, 0.29) is 28.1 Å². The maximum atomic E-state index is 13.6. The maximum Gasteiger partial charge on any atom is 0.368 e. The number of benzene rings is 2. The topological polar surface area (TPSA) is 90.2 Å². The molecule has 0 radical (unpaired) electrons. The first-order chi connectivity index (χ1) is 16.2. The summed E-state index contributed by atoms with van der Waals surface area (Å²) in [6.07, 6.45) is 3.19. The summed E-state index contributed by atoms with van der Waals surface area (Å²) in [5, 5.41) is 8.79. The first-order valence-electron chi connectivity index (χ1n) is 11.0. The van der Waals surface area contributed by atoms with Crippen LogP contribution in [0.1, 0.15) is 33.1 Å². The monoisotopic (exact) mass is 513 g/mol. The van der Waals surface area contributed by atoms with Crippen LogP contribution >= 0.6 is 22.4 Å². The lowest BCUT2D eigenvalue weighted by Crippen LogP contribution is -2.25. The summed E-state index contributed by atoms with van der Waals surface area (Å²) in [6.45, 7) is 4.50. The van der Waals surface area contributed by atoms with Gasteiger partial charge in [0.2, 0.25) is 5.83 Å². The van der Waals surface area contributed by atoms with Crippen LogP contribution in [0.15, 0.2) is 58.3 Å². The Morgan fingerprint density at radius 1 is 1.26 bits per heavy atom. The number of rotatable bonds is 9. The van der Waals surface area contributed by atoms with Gasteiger partial charge in [0.05, 0.1) is 15.5 Å². The molecule has 1 atom stereocenters. The highest BCUT2D eigenvalue weighted by Gasteiger charge is 2.34. The van der Waals surface area contributed by atoms with Gasteiger partial charge in [0.15, 0.2) is 0 Å². The first kappa shape index (κ1) is 26.3. The van der Waals surface area contributed by atoms with Gasteiger partial charge < -0.3 is 14.7 Å². The smallest absolute Gasteiger partial charge is 0.368 e. The number of carboxylic acid groups (broad SMARTS) is 1. The number of unbranched alkanes of at least 4 members (excludes halogenated alkanes) is 1. The van der Waals surface area contributed by atoms with Crippen molar-refractivity contribution in [2.24, 2.45) is 5.92 Å². The Morgan fingerprint density at radius 2 is 1.97 bits per heavy atom. The minimum Gasteiger partial charge on any atom is -0.476 e. The van der Waals surface area contributed by atoms with E-state index >= 15 is 0 Å². The molecular formula is C24H29F2NO5S2. The predicted octanol–water partition coefficient (Wildman–Crippen LogP) is 7.28. The SMILES string of the molecule is CCCCC1CN(c2ccc(F)cc2)c2cc(SCC)c(O/C=C(\F)C(=O)O)cc2S(O)(O)C1. The fourth-order valence-electron chi connectivity index (χ4n) is 3.89. The third-order valence-corrected chi connectivity index (χ3v) is 8.36. The fourth-order valence-corrected chi connectivity index (χ4v) is 6.55. The number of hydrogen-bond donors (Lipinski definition) is 3. The maximum absolute atomic E-state index is 13.6. The highest BCUT2D eigenvalue weighted by Crippen LogP contribution is 2.59. The van der Waals surface area contributed by atoms with Crippen molar-refractivity contribution in [3.8, 4) is 5.75 Å². The Balaban J connectivity index is 2.16. The van der Waals surface area contributed by atoms with Crippen LogP contribution < -0.4 is 9.64 Å². The lowest BCUT2D eigenvalue weighted by molar-refractivity contribution is -0.134. The third kappa shape index (κ3) is 6.24. The van der Waals surface area contributed by atoms with Gasteiger partial charge in [-0.3, -0.25) is 9.11 Å². The van der Waals surface area contributed by atoms with Crippen LogP contribution in [0.4, 0.5) is 20.2 Å². The van der Waals surface area contributed by atoms with Crippen LogP contribution in [0, 0.1) is 11.7 Å². The molecule has 1 aliphatic rings. The zero-order valence-electron chi connectivity index (χ0n) is 19.0. The molecule has 1 heterocycles. The molecule has 10 heteroatoms. The van der Waals surface area contributed by atoms with Crippen molar-refractivity contribution in [2.75, 3.05) is 23.0 Å². The Morgan fingerprint density at radius 3 is 2.59 bits per heavy atom. The van der Waals surface area contributed by atoms with Gasteiger partial charge in [0.25, 0.3) is 0 Å². The lowest BCUT2D eigenvalue weighted by atomic mass is 10.0. The summed E-state index contributed by atoms with van der Waals surface area (Å²) in [5.41, 5.74) is 1.26. The Hall–Kier alpha value is -2.27. The molecule has 1 unspecified atom stereocenters. The summed E-state index contributed by atoms with van der Waals surface area (Å²) < 4.78 is 54.9. The second-order valence-corrected chi connectivity index (χ2v) is 11.4. The van der Waals surface area contributed by atoms with Gasteiger partial charge in [-0.25, -0.2) is 9.18 Å². The molecule has 186 valence electrons. The number of carbonyl (C=O) groups is 1. The Labute approximate surface area is 204 Å². The number of carboxylic acids is 1. The zero-order chi connectivity index (χ0) is 24.9. The lowest BCUT2D eigenvalue weighted by Gasteiger charge is -2.34. The van der Waals surface area contributed by atoms with E-state index in [4.69, 9.17) is 9.84 Å². The van der Waals surface area contributed by atoms with Crippen LogP contribution in [0.3, 0.4) is 0 Å². The number of ether oxygens (including phenoxy) is 1. The molecule has 2 aromatic carbocycles. The van der Waals surface area contributed by atoms with Gasteiger partial charge in [-0.2, -0.15) is 15.0 Å². The number of aliphatic carboxylic acids is 1. The van der Waals surface area contributed by atoms with Crippen LogP contribution in [-0.4, -0.2) is 38.2 Å². The van der Waals surface area contributed by atoms with Gasteiger partial charge in [0.1, 0.15) is 17.8 Å². The quantitative estimate of drug-likeness (QED) is 0.184. The van der Waals surface area contributed by atoms with Crippen molar-refractivity contribution < 1.29 is 32.5 Å². The molecular weight excluding hydrogens is 484 g/mol. The predicted molar refractivity (Wildman–Crippen MR) is 133 cm³/mol. The highest BCUT2D eigenvalue weighted by atomic mass is 32.3. The molecule has 6 nitrogen and oxygen atoms in total. The standard InChI is InChI=1S/C24H29F2NO5S2/c1-3-5-6-16-13-27(18-9-7-17(25)8-10-18)20-11-22(33-4-2)21(32-14-19(26)24(28)29)12-23(20)34(30,31)15-16/h7-12,14,16,30-31H,3-6,13,15H2,1-2H3,(H,28,29)/b19-14-. The van der Waals surface area contributed by atoms with E-state index in [0.29, 0.717) is 34.8 Å². The van der Waals surface area contributed by atoms with E-state index in [2.05, 4.69) is 6.92 Å². The van der Waals surface area contributed by atoms with Crippen molar-refractivity contribution in [3.05, 3.63) is 54.3 Å². The molecule has 0 saturated heterocycles. The number of halogens is 2. The number of fused-ring (bicyclic) bond motifs is 1. The van der Waals surface area contributed by atoms with Crippen molar-refractivity contribution in [3.63, 3.8) is 0 Å². The van der Waals surface area contributed by atoms with Crippen LogP contribution in [0.5, 0.6) is 5.75 Å².